The Bertz CT molecular complexity index is 1270. The normalized spacial score (nSPS) is 11.3. The van der Waals surface area contributed by atoms with Crippen LogP contribution >= 0.6 is 0 Å². The van der Waals surface area contributed by atoms with Crippen molar-refractivity contribution in [3.05, 3.63) is 107 Å². The van der Waals surface area contributed by atoms with Gasteiger partial charge in [0.05, 0.1) is 0 Å². The van der Waals surface area contributed by atoms with E-state index >= 15 is 0 Å². The van der Waals surface area contributed by atoms with E-state index in [4.69, 9.17) is 0 Å². The summed E-state index contributed by atoms with van der Waals surface area (Å²) in [6, 6.07) is 26.4. The van der Waals surface area contributed by atoms with Crippen molar-refractivity contribution in [2.45, 2.75) is 25.8 Å². The van der Waals surface area contributed by atoms with Crippen molar-refractivity contribution in [1.29, 1.82) is 0 Å². The summed E-state index contributed by atoms with van der Waals surface area (Å²) in [5.41, 5.74) is 6.72. The minimum absolute atomic E-state index is 0.324. The maximum atomic E-state index is 12.7. The zero-order valence-corrected chi connectivity index (χ0v) is 18.3. The van der Waals surface area contributed by atoms with Crippen molar-refractivity contribution in [1.82, 2.24) is 20.5 Å². The van der Waals surface area contributed by atoms with E-state index in [-0.39, 0.29) is 0 Å². The molecule has 6 nitrogen and oxygen atoms in total. The summed E-state index contributed by atoms with van der Waals surface area (Å²) in [6.45, 7) is 2.11. The Morgan fingerprint density at radius 1 is 0.939 bits per heavy atom. The lowest BCUT2D eigenvalue weighted by atomic mass is 10.0. The number of rotatable bonds is 6. The van der Waals surface area contributed by atoms with Gasteiger partial charge in [0.2, 0.25) is 0 Å². The molecule has 1 aromatic heterocycles. The summed E-state index contributed by atoms with van der Waals surface area (Å²) in [5, 5.41) is 18.1. The molecule has 1 atom stereocenters. The summed E-state index contributed by atoms with van der Waals surface area (Å²) < 4.78 is 1.49. The molecule has 0 aliphatic carbocycles. The van der Waals surface area contributed by atoms with Crippen LogP contribution in [-0.4, -0.2) is 26.1 Å². The number of benzene rings is 3. The van der Waals surface area contributed by atoms with Gasteiger partial charge in [0.25, 0.3) is 5.91 Å². The summed E-state index contributed by atoms with van der Waals surface area (Å²) in [5.74, 6) is 5.78. The first-order chi connectivity index (χ1) is 16.2. The quantitative estimate of drug-likeness (QED) is 0.270. The van der Waals surface area contributed by atoms with E-state index in [1.807, 2.05) is 72.8 Å². The lowest BCUT2D eigenvalue weighted by Crippen LogP contribution is -2.33. The number of amides is 1. The van der Waals surface area contributed by atoms with Gasteiger partial charge in [-0.1, -0.05) is 90.9 Å². The fourth-order valence-corrected chi connectivity index (χ4v) is 3.58. The van der Waals surface area contributed by atoms with Gasteiger partial charge in [0.1, 0.15) is 17.4 Å². The second-order valence-corrected chi connectivity index (χ2v) is 7.58. The third kappa shape index (κ3) is 5.17. The largest absolute Gasteiger partial charge is 0.289 e. The fraction of sp³-hybridized carbons (Fsp3) is 0.148. The Hall–Kier alpha value is -4.21. The van der Waals surface area contributed by atoms with Gasteiger partial charge in [-0.3, -0.25) is 10.0 Å². The van der Waals surface area contributed by atoms with Crippen LogP contribution in [0, 0.1) is 11.8 Å². The molecule has 0 bridgehead atoms. The van der Waals surface area contributed by atoms with Crippen LogP contribution in [0.3, 0.4) is 0 Å². The van der Waals surface area contributed by atoms with Crippen LogP contribution < -0.4 is 5.48 Å². The zero-order chi connectivity index (χ0) is 23.0. The van der Waals surface area contributed by atoms with Crippen molar-refractivity contribution in [3.8, 4) is 23.1 Å². The van der Waals surface area contributed by atoms with E-state index in [1.54, 1.807) is 5.48 Å². The predicted octanol–water partition coefficient (Wildman–Crippen LogP) is 4.20. The third-order valence-corrected chi connectivity index (χ3v) is 5.41. The smallest absolute Gasteiger partial charge is 0.268 e. The van der Waals surface area contributed by atoms with Crippen molar-refractivity contribution >= 4 is 5.91 Å². The topological polar surface area (TPSA) is 80.0 Å². The minimum Gasteiger partial charge on any atom is -0.289 e. The molecule has 164 valence electrons. The Morgan fingerprint density at radius 2 is 1.61 bits per heavy atom. The molecule has 0 aliphatic heterocycles. The highest BCUT2D eigenvalue weighted by Crippen LogP contribution is 2.24. The van der Waals surface area contributed by atoms with E-state index < -0.39 is 11.9 Å². The molecule has 33 heavy (non-hydrogen) atoms. The SMILES string of the molecule is CCc1ccc(C#Cc2c(-c3ccccc3)nnn2[C@@H](Cc2ccccc2)C(=O)NO)cc1. The lowest BCUT2D eigenvalue weighted by Gasteiger charge is -2.16. The lowest BCUT2D eigenvalue weighted by molar-refractivity contribution is -0.133. The summed E-state index contributed by atoms with van der Waals surface area (Å²) >= 11 is 0. The van der Waals surface area contributed by atoms with Gasteiger partial charge >= 0.3 is 0 Å². The molecule has 0 aliphatic rings. The molecule has 0 fully saturated rings. The zero-order valence-electron chi connectivity index (χ0n) is 18.3. The molecule has 2 N–H and O–H groups in total. The molecule has 0 saturated carbocycles. The van der Waals surface area contributed by atoms with Gasteiger partial charge in [-0.05, 0) is 35.6 Å². The van der Waals surface area contributed by atoms with Gasteiger partial charge < -0.3 is 0 Å². The van der Waals surface area contributed by atoms with Crippen molar-refractivity contribution in [2.75, 3.05) is 0 Å². The molecule has 0 radical (unpaired) electrons. The van der Waals surface area contributed by atoms with E-state index in [0.29, 0.717) is 17.8 Å². The second-order valence-electron chi connectivity index (χ2n) is 7.58. The molecule has 1 amide bonds. The van der Waals surface area contributed by atoms with Gasteiger partial charge in [0.15, 0.2) is 0 Å². The van der Waals surface area contributed by atoms with Crippen LogP contribution in [0.2, 0.25) is 0 Å². The van der Waals surface area contributed by atoms with Crippen LogP contribution in [0.5, 0.6) is 0 Å². The number of nitrogens with zero attached hydrogens (tertiary/aromatic N) is 3. The van der Waals surface area contributed by atoms with E-state index in [0.717, 1.165) is 23.1 Å². The average molecular weight is 437 g/mol. The first-order valence-corrected chi connectivity index (χ1v) is 10.8. The standard InChI is InChI=1S/C27H24N4O2/c1-2-20-13-15-21(16-14-20)17-18-24-26(23-11-7-4-8-12-23)28-30-31(24)25(27(32)29-33)19-22-9-5-3-6-10-22/h3-16,25,33H,2,19H2,1H3,(H,29,32)/t25-/m0/s1. The first-order valence-electron chi connectivity index (χ1n) is 10.8. The number of nitrogens with one attached hydrogen (secondary N) is 1. The van der Waals surface area contributed by atoms with Crippen LogP contribution in [0.4, 0.5) is 0 Å². The first kappa shape index (κ1) is 22.0. The Morgan fingerprint density at radius 3 is 2.24 bits per heavy atom. The Balaban J connectivity index is 1.80. The molecule has 3 aromatic carbocycles. The summed E-state index contributed by atoms with van der Waals surface area (Å²) in [6.07, 6.45) is 1.28. The van der Waals surface area contributed by atoms with E-state index in [9.17, 15) is 10.0 Å². The molecule has 0 saturated heterocycles. The van der Waals surface area contributed by atoms with Crippen LogP contribution in [0.25, 0.3) is 11.3 Å². The second kappa shape index (κ2) is 10.4. The van der Waals surface area contributed by atoms with Gasteiger partial charge in [-0.2, -0.15) is 0 Å². The maximum absolute atomic E-state index is 12.7. The van der Waals surface area contributed by atoms with Crippen LogP contribution in [0.1, 0.15) is 35.3 Å². The highest BCUT2D eigenvalue weighted by atomic mass is 16.5. The molecule has 4 rings (SSSR count). The van der Waals surface area contributed by atoms with E-state index in [1.165, 1.54) is 10.2 Å². The monoisotopic (exact) mass is 436 g/mol. The highest BCUT2D eigenvalue weighted by Gasteiger charge is 2.26. The predicted molar refractivity (Wildman–Crippen MR) is 126 cm³/mol. The molecule has 0 unspecified atom stereocenters. The van der Waals surface area contributed by atoms with Crippen molar-refractivity contribution in [2.24, 2.45) is 0 Å². The maximum Gasteiger partial charge on any atom is 0.268 e. The van der Waals surface area contributed by atoms with Crippen molar-refractivity contribution < 1.29 is 10.0 Å². The fourth-order valence-electron chi connectivity index (χ4n) is 3.58. The molecular weight excluding hydrogens is 412 g/mol. The number of aryl methyl sites for hydroxylation is 1. The number of aromatic nitrogens is 3. The number of carbonyl (C=O) groups is 1. The molecule has 4 aromatic rings. The molecule has 0 spiro atoms. The Labute approximate surface area is 192 Å². The van der Waals surface area contributed by atoms with E-state index in [2.05, 4.69) is 41.2 Å². The number of hydrogen-bond acceptors (Lipinski definition) is 4. The highest BCUT2D eigenvalue weighted by molar-refractivity contribution is 5.80. The molecule has 6 heteroatoms. The van der Waals surface area contributed by atoms with Gasteiger partial charge in [-0.15, -0.1) is 5.10 Å². The van der Waals surface area contributed by atoms with Gasteiger partial charge in [0, 0.05) is 17.5 Å². The number of hydrogen-bond donors (Lipinski definition) is 2. The third-order valence-electron chi connectivity index (χ3n) is 5.41. The Kier molecular flexibility index (Phi) is 6.93. The summed E-state index contributed by atoms with van der Waals surface area (Å²) in [4.78, 5) is 12.7. The van der Waals surface area contributed by atoms with Gasteiger partial charge in [-0.25, -0.2) is 10.2 Å². The minimum atomic E-state index is -0.825. The molecule has 1 heterocycles. The molecular formula is C27H24N4O2. The number of carbonyl (C=O) groups excluding carboxylic acids is 1. The summed E-state index contributed by atoms with van der Waals surface area (Å²) in [7, 11) is 0. The van der Waals surface area contributed by atoms with Crippen LogP contribution in [0.15, 0.2) is 84.9 Å². The number of hydroxylamine groups is 1. The van der Waals surface area contributed by atoms with Crippen LogP contribution in [-0.2, 0) is 17.6 Å². The average Bonchev–Trinajstić information content (AvgIpc) is 3.30. The van der Waals surface area contributed by atoms with Crippen molar-refractivity contribution in [3.63, 3.8) is 0 Å².